The molecule has 0 bridgehead atoms. The van der Waals surface area contributed by atoms with Crippen molar-refractivity contribution in [2.45, 2.75) is 39.7 Å². The van der Waals surface area contributed by atoms with Crippen molar-refractivity contribution in [2.75, 3.05) is 6.61 Å². The average Bonchev–Trinajstić information content (AvgIpc) is 2.27. The van der Waals surface area contributed by atoms with E-state index in [1.165, 1.54) is 0 Å². The van der Waals surface area contributed by atoms with Gasteiger partial charge in [-0.15, -0.1) is 0 Å². The van der Waals surface area contributed by atoms with Crippen LogP contribution in [0.4, 0.5) is 0 Å². The SMILES string of the molecule is CCOC(=O)CCc1ccccc1OC(C)C. The van der Waals surface area contributed by atoms with E-state index in [9.17, 15) is 4.79 Å². The Morgan fingerprint density at radius 3 is 2.65 bits per heavy atom. The Morgan fingerprint density at radius 1 is 1.29 bits per heavy atom. The van der Waals surface area contributed by atoms with E-state index in [-0.39, 0.29) is 12.1 Å². The molecule has 0 radical (unpaired) electrons. The van der Waals surface area contributed by atoms with E-state index in [0.717, 1.165) is 11.3 Å². The quantitative estimate of drug-likeness (QED) is 0.712. The first-order chi connectivity index (χ1) is 8.13. The Labute approximate surface area is 103 Å². The van der Waals surface area contributed by atoms with Crippen molar-refractivity contribution in [3.63, 3.8) is 0 Å². The largest absolute Gasteiger partial charge is 0.491 e. The molecular formula is C14H20O3. The van der Waals surface area contributed by atoms with Crippen LogP contribution in [0.2, 0.25) is 0 Å². The molecule has 0 atom stereocenters. The van der Waals surface area contributed by atoms with E-state index in [4.69, 9.17) is 9.47 Å². The van der Waals surface area contributed by atoms with Crippen LogP contribution >= 0.6 is 0 Å². The van der Waals surface area contributed by atoms with Crippen molar-refractivity contribution in [3.05, 3.63) is 29.8 Å². The molecule has 0 heterocycles. The number of hydrogen-bond donors (Lipinski definition) is 0. The molecule has 0 saturated carbocycles. The maximum absolute atomic E-state index is 11.3. The molecule has 0 unspecified atom stereocenters. The van der Waals surface area contributed by atoms with E-state index < -0.39 is 0 Å². The summed E-state index contributed by atoms with van der Waals surface area (Å²) in [6.07, 6.45) is 1.19. The molecule has 3 heteroatoms. The second kappa shape index (κ2) is 6.94. The molecule has 0 saturated heterocycles. The van der Waals surface area contributed by atoms with Crippen LogP contribution < -0.4 is 4.74 Å². The molecule has 0 N–H and O–H groups in total. The van der Waals surface area contributed by atoms with Crippen molar-refractivity contribution in [3.8, 4) is 5.75 Å². The number of carbonyl (C=O) groups is 1. The first-order valence-corrected chi connectivity index (χ1v) is 6.03. The van der Waals surface area contributed by atoms with Gasteiger partial charge >= 0.3 is 5.97 Å². The Kier molecular flexibility index (Phi) is 5.53. The lowest BCUT2D eigenvalue weighted by atomic mass is 10.1. The first-order valence-electron chi connectivity index (χ1n) is 6.03. The maximum atomic E-state index is 11.3. The van der Waals surface area contributed by atoms with Gasteiger partial charge in [0.1, 0.15) is 5.75 Å². The van der Waals surface area contributed by atoms with Crippen LogP contribution in [0.1, 0.15) is 32.8 Å². The molecule has 0 aliphatic carbocycles. The molecule has 0 fully saturated rings. The summed E-state index contributed by atoms with van der Waals surface area (Å²) in [7, 11) is 0. The van der Waals surface area contributed by atoms with Gasteiger partial charge in [0.15, 0.2) is 0 Å². The average molecular weight is 236 g/mol. The minimum absolute atomic E-state index is 0.138. The van der Waals surface area contributed by atoms with Gasteiger partial charge in [0, 0.05) is 6.42 Å². The Bertz CT molecular complexity index is 358. The van der Waals surface area contributed by atoms with Crippen molar-refractivity contribution in [1.29, 1.82) is 0 Å². The molecule has 0 aliphatic rings. The van der Waals surface area contributed by atoms with E-state index in [1.807, 2.05) is 45.0 Å². The van der Waals surface area contributed by atoms with E-state index in [1.54, 1.807) is 0 Å². The highest BCUT2D eigenvalue weighted by atomic mass is 16.5. The Balaban J connectivity index is 2.60. The molecule has 0 spiro atoms. The van der Waals surface area contributed by atoms with Crippen molar-refractivity contribution < 1.29 is 14.3 Å². The highest BCUT2D eigenvalue weighted by Gasteiger charge is 2.08. The van der Waals surface area contributed by atoms with Crippen LogP contribution in [0.3, 0.4) is 0 Å². The molecule has 1 aromatic carbocycles. The fourth-order valence-corrected chi connectivity index (χ4v) is 1.55. The molecule has 17 heavy (non-hydrogen) atoms. The number of esters is 1. The van der Waals surface area contributed by atoms with Crippen LogP contribution in [-0.2, 0) is 16.0 Å². The van der Waals surface area contributed by atoms with E-state index in [2.05, 4.69) is 0 Å². The third kappa shape index (κ3) is 4.89. The van der Waals surface area contributed by atoms with Gasteiger partial charge in [0.05, 0.1) is 12.7 Å². The zero-order valence-corrected chi connectivity index (χ0v) is 10.7. The monoisotopic (exact) mass is 236 g/mol. The Hall–Kier alpha value is -1.51. The lowest BCUT2D eigenvalue weighted by molar-refractivity contribution is -0.143. The van der Waals surface area contributed by atoms with Gasteiger partial charge in [-0.2, -0.15) is 0 Å². The van der Waals surface area contributed by atoms with Crippen molar-refractivity contribution in [1.82, 2.24) is 0 Å². The maximum Gasteiger partial charge on any atom is 0.306 e. The zero-order valence-electron chi connectivity index (χ0n) is 10.7. The predicted octanol–water partition coefficient (Wildman–Crippen LogP) is 2.97. The number of rotatable bonds is 6. The number of carbonyl (C=O) groups excluding carboxylic acids is 1. The van der Waals surface area contributed by atoms with Crippen molar-refractivity contribution >= 4 is 5.97 Å². The second-order valence-electron chi connectivity index (χ2n) is 4.08. The lowest BCUT2D eigenvalue weighted by Crippen LogP contribution is -2.09. The van der Waals surface area contributed by atoms with Crippen LogP contribution in [0.25, 0.3) is 0 Å². The van der Waals surface area contributed by atoms with Gasteiger partial charge in [-0.3, -0.25) is 4.79 Å². The molecule has 1 rings (SSSR count). The topological polar surface area (TPSA) is 35.5 Å². The standard InChI is InChI=1S/C14H20O3/c1-4-16-14(15)10-9-12-7-5-6-8-13(12)17-11(2)3/h5-8,11H,4,9-10H2,1-3H3. The molecule has 94 valence electrons. The van der Waals surface area contributed by atoms with E-state index >= 15 is 0 Å². The third-order valence-corrected chi connectivity index (χ3v) is 2.24. The van der Waals surface area contributed by atoms with Gasteiger partial charge in [-0.25, -0.2) is 0 Å². The van der Waals surface area contributed by atoms with Gasteiger partial charge in [-0.05, 0) is 38.8 Å². The number of benzene rings is 1. The fourth-order valence-electron chi connectivity index (χ4n) is 1.55. The summed E-state index contributed by atoms with van der Waals surface area (Å²) >= 11 is 0. The highest BCUT2D eigenvalue weighted by Crippen LogP contribution is 2.20. The minimum atomic E-state index is -0.160. The molecule has 1 aromatic rings. The van der Waals surface area contributed by atoms with Crippen LogP contribution in [0, 0.1) is 0 Å². The van der Waals surface area contributed by atoms with Gasteiger partial charge < -0.3 is 9.47 Å². The summed E-state index contributed by atoms with van der Waals surface area (Å²) in [4.78, 5) is 11.3. The minimum Gasteiger partial charge on any atom is -0.491 e. The second-order valence-corrected chi connectivity index (χ2v) is 4.08. The van der Waals surface area contributed by atoms with E-state index in [0.29, 0.717) is 19.4 Å². The predicted molar refractivity (Wildman–Crippen MR) is 67.2 cm³/mol. The smallest absolute Gasteiger partial charge is 0.306 e. The number of aryl methyl sites for hydroxylation is 1. The summed E-state index contributed by atoms with van der Waals surface area (Å²) in [6.45, 7) is 6.22. The van der Waals surface area contributed by atoms with Crippen molar-refractivity contribution in [2.24, 2.45) is 0 Å². The van der Waals surface area contributed by atoms with Gasteiger partial charge in [0.2, 0.25) is 0 Å². The molecule has 3 nitrogen and oxygen atoms in total. The summed E-state index contributed by atoms with van der Waals surface area (Å²) in [5.74, 6) is 0.693. The summed E-state index contributed by atoms with van der Waals surface area (Å²) in [5.41, 5.74) is 1.05. The van der Waals surface area contributed by atoms with Crippen LogP contribution in [-0.4, -0.2) is 18.7 Å². The van der Waals surface area contributed by atoms with Gasteiger partial charge in [-0.1, -0.05) is 18.2 Å². The summed E-state index contributed by atoms with van der Waals surface area (Å²) < 4.78 is 10.6. The number of ether oxygens (including phenoxy) is 2. The first kappa shape index (κ1) is 13.6. The molecule has 0 aliphatic heterocycles. The molecule has 0 amide bonds. The summed E-state index contributed by atoms with van der Waals surface area (Å²) in [6, 6.07) is 7.80. The number of para-hydroxylation sites is 1. The van der Waals surface area contributed by atoms with Crippen LogP contribution in [0.15, 0.2) is 24.3 Å². The zero-order chi connectivity index (χ0) is 12.7. The Morgan fingerprint density at radius 2 is 2.00 bits per heavy atom. The molecular weight excluding hydrogens is 216 g/mol. The lowest BCUT2D eigenvalue weighted by Gasteiger charge is -2.13. The van der Waals surface area contributed by atoms with Gasteiger partial charge in [0.25, 0.3) is 0 Å². The summed E-state index contributed by atoms with van der Waals surface area (Å²) in [5, 5.41) is 0. The normalized spacial score (nSPS) is 10.4. The van der Waals surface area contributed by atoms with Crippen LogP contribution in [0.5, 0.6) is 5.75 Å². The fraction of sp³-hybridized carbons (Fsp3) is 0.500. The third-order valence-electron chi connectivity index (χ3n) is 2.24. The number of hydrogen-bond acceptors (Lipinski definition) is 3. The molecule has 0 aromatic heterocycles. The highest BCUT2D eigenvalue weighted by molar-refractivity contribution is 5.69.